The van der Waals surface area contributed by atoms with E-state index in [1.807, 2.05) is 0 Å². The van der Waals surface area contributed by atoms with Gasteiger partial charge in [-0.25, -0.2) is 10.5 Å². The average molecular weight is 955 g/mol. The van der Waals surface area contributed by atoms with E-state index < -0.39 is 40.8 Å². The van der Waals surface area contributed by atoms with Crippen LogP contribution in [0.4, 0.5) is 0 Å². The number of nitrogens with zero attached hydrogens (tertiary/aromatic N) is 4. The molecule has 0 heterocycles. The van der Waals surface area contributed by atoms with Crippen molar-refractivity contribution < 1.29 is 26.2 Å². The molecule has 6 rings (SSSR count). The molecular formula is C42H33As2N4OPt-. The molecule has 2 radical (unpaired) electrons. The van der Waals surface area contributed by atoms with E-state index in [1.165, 1.54) is 38.2 Å². The summed E-state index contributed by atoms with van der Waals surface area (Å²) < 4.78 is 9.00. The second-order valence-electron chi connectivity index (χ2n) is 10.5. The van der Waals surface area contributed by atoms with Gasteiger partial charge in [-0.15, -0.1) is 5.92 Å². The first-order valence-electron chi connectivity index (χ1n) is 15.3. The molecule has 0 spiro atoms. The standard InChI is InChI=1S/2C18H16As.C6HN4O.Pt/c2*1-4-10-16(11-5-1)19(17-12-6-2-7-13-17)18-14-8-3-9-15-18;7-1-5(2-8)6(11,3-9)4-10;/h2*1-15,19H;11H;/q;;-1;. The first-order valence-corrected chi connectivity index (χ1v) is 21.6. The van der Waals surface area contributed by atoms with Crippen LogP contribution in [0.2, 0.25) is 0 Å². The molecular weight excluding hydrogens is 921 g/mol. The summed E-state index contributed by atoms with van der Waals surface area (Å²) in [5, 5.41) is 41.5. The molecule has 50 heavy (non-hydrogen) atoms. The van der Waals surface area contributed by atoms with Gasteiger partial charge in [0.1, 0.15) is 0 Å². The fourth-order valence-electron chi connectivity index (χ4n) is 4.95. The van der Waals surface area contributed by atoms with Crippen LogP contribution in [0.1, 0.15) is 0 Å². The van der Waals surface area contributed by atoms with E-state index >= 15 is 0 Å². The Hall–Kier alpha value is -5.08. The van der Waals surface area contributed by atoms with Gasteiger partial charge in [0.25, 0.3) is 0 Å². The van der Waals surface area contributed by atoms with Crippen LogP contribution in [0.5, 0.6) is 0 Å². The Morgan fingerprint density at radius 2 is 0.560 bits per heavy atom. The monoisotopic (exact) mass is 954 g/mol. The van der Waals surface area contributed by atoms with Gasteiger partial charge in [0.2, 0.25) is 0 Å². The van der Waals surface area contributed by atoms with Crippen molar-refractivity contribution in [3.8, 4) is 24.3 Å². The Morgan fingerprint density at radius 1 is 0.380 bits per heavy atom. The minimum atomic E-state index is -2.59. The Bertz CT molecular complexity index is 1690. The molecule has 0 amide bonds. The van der Waals surface area contributed by atoms with Crippen molar-refractivity contribution in [2.75, 3.05) is 0 Å². The predicted molar refractivity (Wildman–Crippen MR) is 201 cm³/mol. The average Bonchev–Trinajstić information content (AvgIpc) is 3.18. The van der Waals surface area contributed by atoms with Crippen molar-refractivity contribution in [1.82, 2.24) is 0 Å². The van der Waals surface area contributed by atoms with Gasteiger partial charge in [-0.1, -0.05) is 12.1 Å². The van der Waals surface area contributed by atoms with Gasteiger partial charge in [0.15, 0.2) is 5.60 Å². The van der Waals surface area contributed by atoms with Crippen LogP contribution >= 0.6 is 0 Å². The summed E-state index contributed by atoms with van der Waals surface area (Å²) in [6, 6.07) is 70.4. The SMILES string of the molecule is N#C[C-](C#N)C(O)(C#N)C#N.[Pt].c1ccc([AsH](c2ccccc2)c2ccccc2)cc1.c1ccc([AsH](c2ccccc2)c2ccccc2)cc1. The van der Waals surface area contributed by atoms with E-state index in [0.717, 1.165) is 12.1 Å². The van der Waals surface area contributed by atoms with Crippen LogP contribution < -0.4 is 26.1 Å². The van der Waals surface area contributed by atoms with Crippen LogP contribution in [0.15, 0.2) is 182 Å². The Balaban J connectivity index is 0.000000209. The fourth-order valence-corrected chi connectivity index (χ4v) is 15.8. The number of nitriles is 4. The van der Waals surface area contributed by atoms with Gasteiger partial charge in [-0.3, -0.25) is 0 Å². The zero-order valence-electron chi connectivity index (χ0n) is 26.9. The molecule has 0 bridgehead atoms. The quantitative estimate of drug-likeness (QED) is 0.150. The third kappa shape index (κ3) is 11.0. The summed E-state index contributed by atoms with van der Waals surface area (Å²) in [6.45, 7) is 0. The van der Waals surface area contributed by atoms with Crippen molar-refractivity contribution in [3.05, 3.63) is 188 Å². The topological polar surface area (TPSA) is 115 Å². The van der Waals surface area contributed by atoms with Crippen LogP contribution in [0, 0.1) is 51.2 Å². The zero-order valence-corrected chi connectivity index (χ0v) is 33.3. The second kappa shape index (κ2) is 21.1. The molecule has 6 aromatic rings. The van der Waals surface area contributed by atoms with Crippen LogP contribution in [-0.2, 0) is 21.1 Å². The first-order chi connectivity index (χ1) is 24.0. The predicted octanol–water partition coefficient (Wildman–Crippen LogP) is 3.25. The van der Waals surface area contributed by atoms with Gasteiger partial charge in [0, 0.05) is 21.1 Å². The summed E-state index contributed by atoms with van der Waals surface area (Å²) in [7, 11) is 0. The summed E-state index contributed by atoms with van der Waals surface area (Å²) in [4.78, 5) is 0. The normalized spacial score (nSPS) is 9.82. The number of hydrogen-bond donors (Lipinski definition) is 1. The molecule has 0 fully saturated rings. The van der Waals surface area contributed by atoms with Crippen LogP contribution in [0.3, 0.4) is 0 Å². The molecule has 0 aliphatic heterocycles. The van der Waals surface area contributed by atoms with E-state index in [2.05, 4.69) is 182 Å². The summed E-state index contributed by atoms with van der Waals surface area (Å²) in [5.41, 5.74) is -2.59. The number of aliphatic hydroxyl groups is 1. The molecule has 0 saturated carbocycles. The molecule has 5 nitrogen and oxygen atoms in total. The van der Waals surface area contributed by atoms with E-state index in [0.29, 0.717) is 0 Å². The van der Waals surface area contributed by atoms with E-state index in [-0.39, 0.29) is 21.1 Å². The van der Waals surface area contributed by atoms with Crippen molar-refractivity contribution in [2.45, 2.75) is 5.60 Å². The fraction of sp³-hybridized carbons (Fsp3) is 0.0238. The summed E-state index contributed by atoms with van der Waals surface area (Å²) >= 11 is -3.26. The molecule has 0 atom stereocenters. The molecule has 0 aromatic heterocycles. The second-order valence-corrected chi connectivity index (χ2v) is 20.9. The molecule has 0 aliphatic rings. The maximum absolute atomic E-state index is 8.88. The van der Waals surface area contributed by atoms with Gasteiger partial charge in [-0.05, 0) is 0 Å². The van der Waals surface area contributed by atoms with Crippen molar-refractivity contribution >= 4 is 55.4 Å². The van der Waals surface area contributed by atoms with Gasteiger partial charge in [0.05, 0.1) is 12.1 Å². The molecule has 1 N–H and O–H groups in total. The van der Waals surface area contributed by atoms with Gasteiger partial charge >= 0.3 is 237 Å². The summed E-state index contributed by atoms with van der Waals surface area (Å²) in [5.74, 6) is -0.817. The van der Waals surface area contributed by atoms with E-state index in [1.54, 1.807) is 0 Å². The van der Waals surface area contributed by atoms with E-state index in [4.69, 9.17) is 26.2 Å². The van der Waals surface area contributed by atoms with Gasteiger partial charge in [-0.2, -0.15) is 10.5 Å². The van der Waals surface area contributed by atoms with E-state index in [9.17, 15) is 0 Å². The third-order valence-corrected chi connectivity index (χ3v) is 18.7. The minimum absolute atomic E-state index is 0. The van der Waals surface area contributed by atoms with Gasteiger partial charge < -0.3 is 5.11 Å². The Morgan fingerprint density at radius 3 is 0.680 bits per heavy atom. The van der Waals surface area contributed by atoms with Crippen molar-refractivity contribution in [3.63, 3.8) is 0 Å². The molecule has 0 unspecified atom stereocenters. The number of benzene rings is 6. The molecule has 6 aromatic carbocycles. The van der Waals surface area contributed by atoms with Crippen molar-refractivity contribution in [2.24, 2.45) is 0 Å². The number of hydrogen-bond acceptors (Lipinski definition) is 5. The molecule has 0 aliphatic carbocycles. The Kier molecular flexibility index (Phi) is 16.6. The third-order valence-electron chi connectivity index (χ3n) is 7.28. The maximum atomic E-state index is 8.88. The van der Waals surface area contributed by atoms with Crippen LogP contribution in [-0.4, -0.2) is 40.0 Å². The summed E-state index contributed by atoms with van der Waals surface area (Å²) in [6.07, 6.45) is 0. The first kappa shape index (κ1) is 39.4. The van der Waals surface area contributed by atoms with Crippen LogP contribution in [0.25, 0.3) is 0 Å². The molecule has 0 saturated heterocycles. The Labute approximate surface area is 318 Å². The van der Waals surface area contributed by atoms with Crippen molar-refractivity contribution in [1.29, 1.82) is 21.0 Å². The number of rotatable bonds is 7. The molecule has 8 heteroatoms. The zero-order chi connectivity index (χ0) is 34.7. The molecule has 248 valence electrons.